The summed E-state index contributed by atoms with van der Waals surface area (Å²) in [6.45, 7) is 0. The van der Waals surface area contributed by atoms with Crippen LogP contribution in [0.15, 0.2) is 60.7 Å². The van der Waals surface area contributed by atoms with Crippen LogP contribution in [0.25, 0.3) is 43.1 Å². The number of rotatable bonds is 1. The molecule has 0 atom stereocenters. The third-order valence-corrected chi connectivity index (χ3v) is 4.78. The lowest BCUT2D eigenvalue weighted by Crippen LogP contribution is -1.92. The van der Waals surface area contributed by atoms with Crippen LogP contribution in [0.5, 0.6) is 5.75 Å². The molecule has 0 aromatic heterocycles. The standard InChI is InChI=1S/C20H11NO3/c22-18-10-17(21(23)24)15-8-7-14-13-4-2-1-3-11(13)9-12-5-6-16(18)20(15)19(12)14/h1-10,22H. The topological polar surface area (TPSA) is 63.4 Å². The second-order valence-electron chi connectivity index (χ2n) is 6.02. The van der Waals surface area contributed by atoms with E-state index in [1.54, 1.807) is 6.07 Å². The van der Waals surface area contributed by atoms with Gasteiger partial charge in [0.05, 0.1) is 16.4 Å². The van der Waals surface area contributed by atoms with Crippen LogP contribution in [0, 0.1) is 10.1 Å². The van der Waals surface area contributed by atoms with Crippen molar-refractivity contribution in [1.29, 1.82) is 0 Å². The fraction of sp³-hybridized carbons (Fsp3) is 0. The molecule has 0 aliphatic rings. The minimum absolute atomic E-state index is 0.0586. The number of phenols is 1. The fourth-order valence-electron chi connectivity index (χ4n) is 3.77. The van der Waals surface area contributed by atoms with Crippen LogP contribution in [0.2, 0.25) is 0 Å². The molecule has 0 saturated carbocycles. The highest BCUT2D eigenvalue weighted by molar-refractivity contribution is 6.30. The molecule has 0 saturated heterocycles. The SMILES string of the molecule is O=[N+]([O-])c1cc(O)c2ccc3cc4ccccc4c4ccc1c2c34. The molecule has 0 fully saturated rings. The number of hydrogen-bond donors (Lipinski definition) is 1. The first-order chi connectivity index (χ1) is 11.6. The smallest absolute Gasteiger partial charge is 0.280 e. The molecule has 24 heavy (non-hydrogen) atoms. The van der Waals surface area contributed by atoms with Gasteiger partial charge in [-0.3, -0.25) is 10.1 Å². The lowest BCUT2D eigenvalue weighted by atomic mass is 9.90. The highest BCUT2D eigenvalue weighted by Gasteiger charge is 2.20. The highest BCUT2D eigenvalue weighted by atomic mass is 16.6. The number of nitrogens with zero attached hydrogens (tertiary/aromatic N) is 1. The number of aromatic hydroxyl groups is 1. The van der Waals surface area contributed by atoms with E-state index in [1.165, 1.54) is 6.07 Å². The van der Waals surface area contributed by atoms with Crippen molar-refractivity contribution in [3.63, 3.8) is 0 Å². The number of hydrogen-bond acceptors (Lipinski definition) is 3. The van der Waals surface area contributed by atoms with E-state index in [0.29, 0.717) is 10.8 Å². The van der Waals surface area contributed by atoms with E-state index in [-0.39, 0.29) is 11.4 Å². The maximum absolute atomic E-state index is 11.4. The maximum atomic E-state index is 11.4. The number of fused-ring (bicyclic) bond motifs is 2. The number of phenolic OH excluding ortho intramolecular Hbond substituents is 1. The van der Waals surface area contributed by atoms with Crippen molar-refractivity contribution in [1.82, 2.24) is 0 Å². The summed E-state index contributed by atoms with van der Waals surface area (Å²) in [7, 11) is 0. The van der Waals surface area contributed by atoms with Gasteiger partial charge in [-0.1, -0.05) is 36.4 Å². The van der Waals surface area contributed by atoms with E-state index in [4.69, 9.17) is 0 Å². The Morgan fingerprint density at radius 2 is 1.50 bits per heavy atom. The van der Waals surface area contributed by atoms with Gasteiger partial charge < -0.3 is 5.11 Å². The predicted molar refractivity (Wildman–Crippen MR) is 96.0 cm³/mol. The predicted octanol–water partition coefficient (Wildman–Crippen LogP) is 5.35. The lowest BCUT2D eigenvalue weighted by Gasteiger charge is -2.14. The van der Waals surface area contributed by atoms with Crippen molar-refractivity contribution < 1.29 is 10.0 Å². The van der Waals surface area contributed by atoms with E-state index in [9.17, 15) is 15.2 Å². The summed E-state index contributed by atoms with van der Waals surface area (Å²) in [6.07, 6.45) is 0. The zero-order valence-electron chi connectivity index (χ0n) is 12.5. The molecule has 0 bridgehead atoms. The van der Waals surface area contributed by atoms with Crippen molar-refractivity contribution >= 4 is 48.8 Å². The van der Waals surface area contributed by atoms with Crippen LogP contribution < -0.4 is 0 Å². The Balaban J connectivity index is 2.16. The normalized spacial score (nSPS) is 11.8. The van der Waals surface area contributed by atoms with Crippen LogP contribution in [0.3, 0.4) is 0 Å². The van der Waals surface area contributed by atoms with Gasteiger partial charge in [0.1, 0.15) is 5.75 Å². The Kier molecular flexibility index (Phi) is 2.36. The summed E-state index contributed by atoms with van der Waals surface area (Å²) >= 11 is 0. The Morgan fingerprint density at radius 1 is 0.750 bits per heavy atom. The van der Waals surface area contributed by atoms with Crippen molar-refractivity contribution in [2.24, 2.45) is 0 Å². The Labute approximate surface area is 136 Å². The van der Waals surface area contributed by atoms with Crippen molar-refractivity contribution in [2.45, 2.75) is 0 Å². The molecule has 0 amide bonds. The van der Waals surface area contributed by atoms with Crippen LogP contribution in [-0.2, 0) is 0 Å². The van der Waals surface area contributed by atoms with Gasteiger partial charge in [-0.15, -0.1) is 0 Å². The van der Waals surface area contributed by atoms with E-state index < -0.39 is 4.92 Å². The van der Waals surface area contributed by atoms with Gasteiger partial charge in [0.15, 0.2) is 0 Å². The van der Waals surface area contributed by atoms with Gasteiger partial charge in [-0.2, -0.15) is 0 Å². The van der Waals surface area contributed by atoms with Crippen molar-refractivity contribution in [3.05, 3.63) is 70.8 Å². The van der Waals surface area contributed by atoms with Gasteiger partial charge >= 0.3 is 0 Å². The number of nitro groups is 1. The molecule has 4 nitrogen and oxygen atoms in total. The summed E-state index contributed by atoms with van der Waals surface area (Å²) in [5.41, 5.74) is -0.0671. The third-order valence-electron chi connectivity index (χ3n) is 4.78. The summed E-state index contributed by atoms with van der Waals surface area (Å²) in [5.74, 6) is -0.0586. The van der Waals surface area contributed by atoms with Crippen LogP contribution in [0.4, 0.5) is 5.69 Å². The van der Waals surface area contributed by atoms with Gasteiger partial charge in [0, 0.05) is 10.8 Å². The second kappa shape index (κ2) is 4.32. The molecular formula is C20H11NO3. The zero-order valence-corrected chi connectivity index (χ0v) is 12.5. The van der Waals surface area contributed by atoms with Crippen LogP contribution >= 0.6 is 0 Å². The first kappa shape index (κ1) is 13.1. The summed E-state index contributed by atoms with van der Waals surface area (Å²) in [5, 5.41) is 28.9. The van der Waals surface area contributed by atoms with Gasteiger partial charge in [-0.25, -0.2) is 0 Å². The zero-order chi connectivity index (χ0) is 16.4. The monoisotopic (exact) mass is 313 g/mol. The maximum Gasteiger partial charge on any atom is 0.280 e. The highest BCUT2D eigenvalue weighted by Crippen LogP contribution is 2.44. The molecule has 5 aromatic carbocycles. The minimum Gasteiger partial charge on any atom is -0.507 e. The van der Waals surface area contributed by atoms with E-state index >= 15 is 0 Å². The Bertz CT molecular complexity index is 1290. The van der Waals surface area contributed by atoms with E-state index in [1.807, 2.05) is 30.3 Å². The van der Waals surface area contributed by atoms with E-state index in [0.717, 1.165) is 32.3 Å². The van der Waals surface area contributed by atoms with Crippen molar-refractivity contribution in [2.75, 3.05) is 0 Å². The van der Waals surface area contributed by atoms with Crippen molar-refractivity contribution in [3.8, 4) is 5.75 Å². The number of non-ortho nitro benzene ring substituents is 1. The third kappa shape index (κ3) is 1.52. The quantitative estimate of drug-likeness (QED) is 0.196. The summed E-state index contributed by atoms with van der Waals surface area (Å²) < 4.78 is 0. The number of benzene rings is 5. The molecule has 5 rings (SSSR count). The van der Waals surface area contributed by atoms with Gasteiger partial charge in [0.2, 0.25) is 0 Å². The Hall–Kier alpha value is -3.40. The lowest BCUT2D eigenvalue weighted by molar-refractivity contribution is -0.383. The fourth-order valence-corrected chi connectivity index (χ4v) is 3.77. The molecule has 0 aliphatic heterocycles. The largest absolute Gasteiger partial charge is 0.507 e. The molecule has 4 heteroatoms. The average molecular weight is 313 g/mol. The molecular weight excluding hydrogens is 302 g/mol. The van der Waals surface area contributed by atoms with Gasteiger partial charge in [0.25, 0.3) is 5.69 Å². The summed E-state index contributed by atoms with van der Waals surface area (Å²) in [4.78, 5) is 11.0. The molecule has 0 unspecified atom stereocenters. The molecule has 1 N–H and O–H groups in total. The first-order valence-electron chi connectivity index (χ1n) is 7.62. The number of nitro benzene ring substituents is 1. The molecule has 0 radical (unpaired) electrons. The molecule has 0 spiro atoms. The average Bonchev–Trinajstić information content (AvgIpc) is 2.60. The first-order valence-corrected chi connectivity index (χ1v) is 7.62. The second-order valence-corrected chi connectivity index (χ2v) is 6.02. The molecule has 114 valence electrons. The van der Waals surface area contributed by atoms with Gasteiger partial charge in [-0.05, 0) is 45.1 Å². The van der Waals surface area contributed by atoms with Crippen LogP contribution in [0.1, 0.15) is 0 Å². The minimum atomic E-state index is -0.441. The Morgan fingerprint density at radius 3 is 2.33 bits per heavy atom. The molecule has 0 aliphatic carbocycles. The molecule has 0 heterocycles. The summed E-state index contributed by atoms with van der Waals surface area (Å²) in [6, 6.07) is 18.9. The van der Waals surface area contributed by atoms with Crippen LogP contribution in [-0.4, -0.2) is 10.0 Å². The van der Waals surface area contributed by atoms with E-state index in [2.05, 4.69) is 18.2 Å². The molecule has 5 aromatic rings.